The van der Waals surface area contributed by atoms with E-state index in [9.17, 15) is 14.4 Å². The molecule has 3 aliphatic rings. The molecular formula is C24H35N3O3. The van der Waals surface area contributed by atoms with Gasteiger partial charge < -0.3 is 14.8 Å². The van der Waals surface area contributed by atoms with Gasteiger partial charge in [-0.3, -0.25) is 14.4 Å². The number of rotatable bonds is 4. The first-order valence-electron chi connectivity index (χ1n) is 11.5. The molecular weight excluding hydrogens is 378 g/mol. The van der Waals surface area contributed by atoms with E-state index in [1.54, 1.807) is 12.4 Å². The molecule has 1 aromatic rings. The van der Waals surface area contributed by atoms with Gasteiger partial charge in [0.05, 0.1) is 0 Å². The predicted molar refractivity (Wildman–Crippen MR) is 117 cm³/mol. The maximum Gasteiger partial charge on any atom is 0.259 e. The van der Waals surface area contributed by atoms with Crippen LogP contribution in [0, 0.1) is 10.8 Å². The second-order valence-corrected chi connectivity index (χ2v) is 10.8. The van der Waals surface area contributed by atoms with Crippen molar-refractivity contribution in [3.8, 4) is 0 Å². The zero-order valence-corrected chi connectivity index (χ0v) is 18.8. The lowest BCUT2D eigenvalue weighted by Crippen LogP contribution is -2.41. The molecule has 0 unspecified atom stereocenters. The number of hydrogen-bond acceptors (Lipinski definition) is 3. The van der Waals surface area contributed by atoms with Crippen molar-refractivity contribution in [3.05, 3.63) is 33.7 Å². The van der Waals surface area contributed by atoms with Crippen molar-refractivity contribution in [3.63, 3.8) is 0 Å². The number of carbonyl (C=O) groups is 2. The largest absolute Gasteiger partial charge is 0.352 e. The highest BCUT2D eigenvalue weighted by Gasteiger charge is 2.51. The summed E-state index contributed by atoms with van der Waals surface area (Å²) in [5.74, 6) is -0.596. The maximum absolute atomic E-state index is 13.6. The minimum absolute atomic E-state index is 0.0864. The Morgan fingerprint density at radius 2 is 1.73 bits per heavy atom. The number of pyridine rings is 1. The zero-order chi connectivity index (χ0) is 21.7. The van der Waals surface area contributed by atoms with Gasteiger partial charge >= 0.3 is 0 Å². The van der Waals surface area contributed by atoms with Crippen molar-refractivity contribution in [2.75, 3.05) is 13.1 Å². The lowest BCUT2D eigenvalue weighted by molar-refractivity contribution is 0.0706. The molecule has 1 N–H and O–H groups in total. The molecule has 1 aromatic heterocycles. The normalized spacial score (nSPS) is 28.0. The summed E-state index contributed by atoms with van der Waals surface area (Å²) in [5, 5.41) is 2.73. The lowest BCUT2D eigenvalue weighted by atomic mass is 9.65. The molecule has 2 bridgehead atoms. The first-order chi connectivity index (χ1) is 14.1. The van der Waals surface area contributed by atoms with Crippen LogP contribution in [-0.4, -0.2) is 40.4 Å². The zero-order valence-electron chi connectivity index (χ0n) is 18.8. The quantitative estimate of drug-likeness (QED) is 0.817. The smallest absolute Gasteiger partial charge is 0.259 e. The van der Waals surface area contributed by atoms with E-state index < -0.39 is 11.3 Å². The van der Waals surface area contributed by atoms with Crippen LogP contribution in [-0.2, 0) is 0 Å². The number of nitrogens with one attached hydrogen (secondary N) is 1. The number of carbonyl (C=O) groups excluding carboxylic acids is 2. The molecule has 6 heteroatoms. The van der Waals surface area contributed by atoms with E-state index >= 15 is 0 Å². The van der Waals surface area contributed by atoms with Crippen molar-refractivity contribution >= 4 is 11.8 Å². The van der Waals surface area contributed by atoms with Crippen LogP contribution in [0.25, 0.3) is 0 Å². The number of nitrogens with zero attached hydrogens (tertiary/aromatic N) is 2. The average Bonchev–Trinajstić information content (AvgIpc) is 3.27. The minimum atomic E-state index is -0.439. The van der Waals surface area contributed by atoms with Gasteiger partial charge in [-0.05, 0) is 49.9 Å². The average molecular weight is 414 g/mol. The molecule has 2 aliphatic carbocycles. The Balaban J connectivity index is 1.73. The molecule has 4 rings (SSSR count). The van der Waals surface area contributed by atoms with Gasteiger partial charge in [0.1, 0.15) is 11.1 Å². The third kappa shape index (κ3) is 3.81. The first-order valence-corrected chi connectivity index (χ1v) is 11.5. The molecule has 2 saturated carbocycles. The molecule has 1 aliphatic heterocycles. The van der Waals surface area contributed by atoms with Crippen molar-refractivity contribution in [2.24, 2.45) is 10.8 Å². The van der Waals surface area contributed by atoms with Gasteiger partial charge in [0.2, 0.25) is 5.43 Å². The molecule has 3 fully saturated rings. The number of amides is 2. The predicted octanol–water partition coefficient (Wildman–Crippen LogP) is 3.75. The van der Waals surface area contributed by atoms with Gasteiger partial charge in [0.15, 0.2) is 0 Å². The van der Waals surface area contributed by atoms with Gasteiger partial charge in [-0.25, -0.2) is 0 Å². The molecule has 6 nitrogen and oxygen atoms in total. The van der Waals surface area contributed by atoms with E-state index in [4.69, 9.17) is 0 Å². The highest BCUT2D eigenvalue weighted by molar-refractivity contribution is 5.99. The van der Waals surface area contributed by atoms with Crippen LogP contribution in [0.15, 0.2) is 17.2 Å². The molecule has 2 amide bonds. The summed E-state index contributed by atoms with van der Waals surface area (Å²) in [6.07, 6.45) is 10.7. The molecule has 2 heterocycles. The Morgan fingerprint density at radius 3 is 2.40 bits per heavy atom. The fourth-order valence-corrected chi connectivity index (χ4v) is 6.43. The Kier molecular flexibility index (Phi) is 5.31. The molecule has 164 valence electrons. The second-order valence-electron chi connectivity index (χ2n) is 10.8. The monoisotopic (exact) mass is 413 g/mol. The highest BCUT2D eigenvalue weighted by atomic mass is 16.2. The molecule has 0 radical (unpaired) electrons. The van der Waals surface area contributed by atoms with Crippen LogP contribution in [0.5, 0.6) is 0 Å². The Bertz CT molecular complexity index is 913. The summed E-state index contributed by atoms with van der Waals surface area (Å²) in [6.45, 7) is 9.77. The van der Waals surface area contributed by atoms with Crippen LogP contribution >= 0.6 is 0 Å². The fraction of sp³-hybridized carbons (Fsp3) is 0.708. The van der Waals surface area contributed by atoms with Gasteiger partial charge in [-0.2, -0.15) is 0 Å². The van der Waals surface area contributed by atoms with E-state index in [2.05, 4.69) is 26.1 Å². The number of fused-ring (bicyclic) bond motifs is 2. The van der Waals surface area contributed by atoms with Crippen LogP contribution in [0.1, 0.15) is 99.4 Å². The summed E-state index contributed by atoms with van der Waals surface area (Å²) in [7, 11) is 0. The summed E-state index contributed by atoms with van der Waals surface area (Å²) < 4.78 is 1.96. The van der Waals surface area contributed by atoms with Crippen molar-refractivity contribution in [1.29, 1.82) is 0 Å². The second kappa shape index (κ2) is 7.54. The van der Waals surface area contributed by atoms with Crippen LogP contribution in [0.2, 0.25) is 0 Å². The van der Waals surface area contributed by atoms with E-state index in [0.29, 0.717) is 13.1 Å². The standard InChI is InChI=1S/C24H35N3O3/c1-5-25-21(29)18-12-26(16-8-6-7-9-16)13-19(20(18)28)22(30)27-15-24(4)11-17(27)10-23(2,3)14-24/h12-13,16-17H,5-11,14-15H2,1-4H3,(H,25,29)/t17-,24-/m1/s1. The van der Waals surface area contributed by atoms with E-state index in [-0.39, 0.29) is 39.9 Å². The Labute approximate surface area is 179 Å². The SMILES string of the molecule is CCNC(=O)c1cn(C2CCCC2)cc(C(=O)N2C[C@]3(C)C[C@H]2CC(C)(C)C3)c1=O. The van der Waals surface area contributed by atoms with Crippen molar-refractivity contribution in [2.45, 2.75) is 84.7 Å². The van der Waals surface area contributed by atoms with Gasteiger partial charge in [0.25, 0.3) is 11.8 Å². The third-order valence-corrected chi connectivity index (χ3v) is 7.28. The lowest BCUT2D eigenvalue weighted by Gasteiger charge is -2.39. The van der Waals surface area contributed by atoms with E-state index in [1.807, 2.05) is 16.4 Å². The van der Waals surface area contributed by atoms with Crippen LogP contribution in [0.4, 0.5) is 0 Å². The number of hydrogen-bond donors (Lipinski definition) is 1. The first kappa shape index (κ1) is 21.1. The Morgan fingerprint density at radius 1 is 1.07 bits per heavy atom. The van der Waals surface area contributed by atoms with Crippen molar-refractivity contribution < 1.29 is 9.59 Å². The summed E-state index contributed by atoms with van der Waals surface area (Å²) in [4.78, 5) is 41.4. The third-order valence-electron chi connectivity index (χ3n) is 7.28. The van der Waals surface area contributed by atoms with Crippen molar-refractivity contribution in [1.82, 2.24) is 14.8 Å². The fourth-order valence-electron chi connectivity index (χ4n) is 6.43. The number of aromatic nitrogens is 1. The Hall–Kier alpha value is -2.11. The van der Waals surface area contributed by atoms with Crippen LogP contribution < -0.4 is 10.7 Å². The van der Waals surface area contributed by atoms with Gasteiger partial charge in [-0.1, -0.05) is 33.6 Å². The summed E-state index contributed by atoms with van der Waals surface area (Å²) in [6, 6.07) is 0.415. The molecule has 2 atom stereocenters. The minimum Gasteiger partial charge on any atom is -0.352 e. The molecule has 0 aromatic carbocycles. The van der Waals surface area contributed by atoms with E-state index in [0.717, 1.165) is 44.9 Å². The summed E-state index contributed by atoms with van der Waals surface area (Å²) >= 11 is 0. The maximum atomic E-state index is 13.6. The summed E-state index contributed by atoms with van der Waals surface area (Å²) in [5.41, 5.74) is 0.0950. The molecule has 30 heavy (non-hydrogen) atoms. The van der Waals surface area contributed by atoms with Gasteiger partial charge in [0, 0.05) is 37.6 Å². The topological polar surface area (TPSA) is 71.4 Å². The molecule has 0 spiro atoms. The highest BCUT2D eigenvalue weighted by Crippen LogP contribution is 2.52. The van der Waals surface area contributed by atoms with Crippen LogP contribution in [0.3, 0.4) is 0 Å². The van der Waals surface area contributed by atoms with Gasteiger partial charge in [-0.15, -0.1) is 0 Å². The molecule has 1 saturated heterocycles. The van der Waals surface area contributed by atoms with E-state index in [1.165, 1.54) is 0 Å². The number of likely N-dealkylation sites (tertiary alicyclic amines) is 1.